The van der Waals surface area contributed by atoms with E-state index in [-0.39, 0.29) is 5.91 Å². The number of para-hydroxylation sites is 1. The summed E-state index contributed by atoms with van der Waals surface area (Å²) in [4.78, 5) is 22.7. The van der Waals surface area contributed by atoms with Crippen LogP contribution in [0.25, 0.3) is 0 Å². The van der Waals surface area contributed by atoms with Gasteiger partial charge in [0, 0.05) is 25.3 Å². The van der Waals surface area contributed by atoms with Crippen molar-refractivity contribution in [3.8, 4) is 0 Å². The molecule has 0 bridgehead atoms. The zero-order valence-corrected chi connectivity index (χ0v) is 15.0. The lowest BCUT2D eigenvalue weighted by Crippen LogP contribution is -2.27. The summed E-state index contributed by atoms with van der Waals surface area (Å²) in [5.74, 6) is 0.473. The van der Waals surface area contributed by atoms with Gasteiger partial charge in [-0.2, -0.15) is 0 Å². The second kappa shape index (κ2) is 8.25. The molecule has 0 aliphatic rings. The average molecular weight is 346 g/mol. The minimum atomic E-state index is -0.136. The van der Waals surface area contributed by atoms with Gasteiger partial charge in [0.05, 0.1) is 0 Å². The topological polar surface area (TPSA) is 58.1 Å². The highest BCUT2D eigenvalue weighted by Crippen LogP contribution is 2.20. The second-order valence-electron chi connectivity index (χ2n) is 6.07. The van der Waals surface area contributed by atoms with Crippen LogP contribution in [0.2, 0.25) is 0 Å². The van der Waals surface area contributed by atoms with Crippen LogP contribution >= 0.6 is 0 Å². The number of nitrogens with one attached hydrogen (secondary N) is 1. The van der Waals surface area contributed by atoms with Crippen LogP contribution in [0.3, 0.4) is 0 Å². The number of benzene rings is 2. The van der Waals surface area contributed by atoms with Crippen LogP contribution in [-0.2, 0) is 13.0 Å². The summed E-state index contributed by atoms with van der Waals surface area (Å²) < 4.78 is 0. The molecule has 2 aromatic carbocycles. The molecule has 0 aliphatic heterocycles. The fourth-order valence-electron chi connectivity index (χ4n) is 2.76. The Balaban J connectivity index is 1.75. The van der Waals surface area contributed by atoms with Crippen molar-refractivity contribution < 1.29 is 4.79 Å². The van der Waals surface area contributed by atoms with Gasteiger partial charge in [-0.25, -0.2) is 9.97 Å². The first-order chi connectivity index (χ1) is 12.7. The van der Waals surface area contributed by atoms with E-state index in [1.807, 2.05) is 48.5 Å². The van der Waals surface area contributed by atoms with Crippen LogP contribution in [-0.4, -0.2) is 27.8 Å². The Kier molecular flexibility index (Phi) is 5.59. The second-order valence-corrected chi connectivity index (χ2v) is 6.07. The van der Waals surface area contributed by atoms with Gasteiger partial charge < -0.3 is 10.2 Å². The zero-order valence-electron chi connectivity index (χ0n) is 15.0. The Morgan fingerprint density at radius 2 is 1.77 bits per heavy atom. The third-order valence-corrected chi connectivity index (χ3v) is 4.16. The Labute approximate surface area is 153 Å². The molecule has 1 N–H and O–H groups in total. The van der Waals surface area contributed by atoms with E-state index in [1.165, 1.54) is 11.9 Å². The van der Waals surface area contributed by atoms with Gasteiger partial charge in [0.1, 0.15) is 17.8 Å². The Morgan fingerprint density at radius 3 is 2.54 bits per heavy atom. The van der Waals surface area contributed by atoms with E-state index in [0.717, 1.165) is 17.7 Å². The fourth-order valence-corrected chi connectivity index (χ4v) is 2.76. The van der Waals surface area contributed by atoms with Crippen molar-refractivity contribution in [3.05, 3.63) is 83.8 Å². The van der Waals surface area contributed by atoms with E-state index in [1.54, 1.807) is 18.0 Å². The lowest BCUT2D eigenvalue weighted by atomic mass is 10.1. The van der Waals surface area contributed by atoms with E-state index in [4.69, 9.17) is 0 Å². The minimum Gasteiger partial charge on any atom is -0.340 e. The zero-order chi connectivity index (χ0) is 18.4. The van der Waals surface area contributed by atoms with Crippen molar-refractivity contribution in [3.63, 3.8) is 0 Å². The molecule has 132 valence electrons. The highest BCUT2D eigenvalue weighted by atomic mass is 16.2. The number of anilines is 2. The summed E-state index contributed by atoms with van der Waals surface area (Å²) in [5.41, 5.74) is 3.63. The van der Waals surface area contributed by atoms with Crippen molar-refractivity contribution in [2.75, 3.05) is 12.4 Å². The van der Waals surface area contributed by atoms with Crippen LogP contribution in [0.4, 0.5) is 11.5 Å². The number of carbonyl (C=O) groups is 1. The van der Waals surface area contributed by atoms with Crippen LogP contribution in [0.1, 0.15) is 28.5 Å². The molecule has 3 rings (SSSR count). The molecule has 0 atom stereocenters. The maximum absolute atomic E-state index is 12.7. The molecule has 0 saturated carbocycles. The fraction of sp³-hybridized carbons (Fsp3) is 0.190. The van der Waals surface area contributed by atoms with Crippen molar-refractivity contribution in [2.24, 2.45) is 0 Å². The molecule has 1 amide bonds. The minimum absolute atomic E-state index is 0.136. The first-order valence-electron chi connectivity index (χ1n) is 8.63. The molecule has 0 unspecified atom stereocenters. The van der Waals surface area contributed by atoms with Gasteiger partial charge in [0.2, 0.25) is 0 Å². The van der Waals surface area contributed by atoms with Crippen LogP contribution in [0, 0.1) is 0 Å². The van der Waals surface area contributed by atoms with Gasteiger partial charge >= 0.3 is 0 Å². The van der Waals surface area contributed by atoms with Crippen LogP contribution in [0.5, 0.6) is 0 Å². The number of hydrogen-bond acceptors (Lipinski definition) is 4. The molecule has 5 heteroatoms. The molecule has 0 aliphatic carbocycles. The number of hydrogen-bond donors (Lipinski definition) is 1. The molecule has 0 radical (unpaired) electrons. The van der Waals surface area contributed by atoms with Gasteiger partial charge in [-0.15, -0.1) is 0 Å². The highest BCUT2D eigenvalue weighted by Gasteiger charge is 2.14. The van der Waals surface area contributed by atoms with E-state index in [0.29, 0.717) is 18.1 Å². The third kappa shape index (κ3) is 4.25. The smallest absolute Gasteiger partial charge is 0.272 e. The quantitative estimate of drug-likeness (QED) is 0.731. The van der Waals surface area contributed by atoms with Gasteiger partial charge in [-0.1, -0.05) is 55.5 Å². The number of carbonyl (C=O) groups excluding carboxylic acids is 1. The summed E-state index contributed by atoms with van der Waals surface area (Å²) in [6.45, 7) is 2.64. The number of rotatable bonds is 6. The standard InChI is InChI=1S/C21H22N4O/c1-3-17-11-7-8-12-18(17)24-20-13-19(22-15-23-20)21(26)25(2)14-16-9-5-4-6-10-16/h4-13,15H,3,14H2,1-2H3,(H,22,23,24). The van der Waals surface area contributed by atoms with Gasteiger partial charge in [-0.3, -0.25) is 4.79 Å². The number of aryl methyl sites for hydroxylation is 1. The number of nitrogens with zero attached hydrogens (tertiary/aromatic N) is 3. The normalized spacial score (nSPS) is 10.4. The predicted molar refractivity (Wildman–Crippen MR) is 103 cm³/mol. The maximum atomic E-state index is 12.7. The largest absolute Gasteiger partial charge is 0.340 e. The Hall–Kier alpha value is -3.21. The number of amides is 1. The van der Waals surface area contributed by atoms with E-state index < -0.39 is 0 Å². The van der Waals surface area contributed by atoms with Gasteiger partial charge in [-0.05, 0) is 23.6 Å². The lowest BCUT2D eigenvalue weighted by Gasteiger charge is -2.17. The average Bonchev–Trinajstić information content (AvgIpc) is 2.69. The summed E-state index contributed by atoms with van der Waals surface area (Å²) in [6, 6.07) is 19.6. The van der Waals surface area contributed by atoms with Crippen molar-refractivity contribution in [2.45, 2.75) is 19.9 Å². The van der Waals surface area contributed by atoms with Gasteiger partial charge in [0.25, 0.3) is 5.91 Å². The van der Waals surface area contributed by atoms with E-state index >= 15 is 0 Å². The molecule has 26 heavy (non-hydrogen) atoms. The third-order valence-electron chi connectivity index (χ3n) is 4.16. The molecule has 3 aromatic rings. The van der Waals surface area contributed by atoms with Crippen molar-refractivity contribution in [1.82, 2.24) is 14.9 Å². The van der Waals surface area contributed by atoms with Crippen LogP contribution < -0.4 is 5.32 Å². The van der Waals surface area contributed by atoms with E-state index in [2.05, 4.69) is 28.3 Å². The molecule has 0 spiro atoms. The van der Waals surface area contributed by atoms with E-state index in [9.17, 15) is 4.79 Å². The summed E-state index contributed by atoms with van der Waals surface area (Å²) >= 11 is 0. The molecule has 1 aromatic heterocycles. The highest BCUT2D eigenvalue weighted by molar-refractivity contribution is 5.92. The summed E-state index contributed by atoms with van der Waals surface area (Å²) in [5, 5.41) is 3.29. The van der Waals surface area contributed by atoms with Gasteiger partial charge in [0.15, 0.2) is 0 Å². The monoisotopic (exact) mass is 346 g/mol. The first kappa shape index (κ1) is 17.6. The Morgan fingerprint density at radius 1 is 1.04 bits per heavy atom. The number of aromatic nitrogens is 2. The first-order valence-corrected chi connectivity index (χ1v) is 8.63. The molecule has 0 saturated heterocycles. The SMILES string of the molecule is CCc1ccccc1Nc1cc(C(=O)N(C)Cc2ccccc2)ncn1. The molecular weight excluding hydrogens is 324 g/mol. The molecule has 5 nitrogen and oxygen atoms in total. The van der Waals surface area contributed by atoms with Crippen LogP contribution in [0.15, 0.2) is 67.0 Å². The predicted octanol–water partition coefficient (Wildman–Crippen LogP) is 4.05. The lowest BCUT2D eigenvalue weighted by molar-refractivity contribution is 0.0779. The molecule has 1 heterocycles. The molecular formula is C21H22N4O. The summed E-state index contributed by atoms with van der Waals surface area (Å²) in [6.07, 6.45) is 2.33. The summed E-state index contributed by atoms with van der Waals surface area (Å²) in [7, 11) is 1.77. The Bertz CT molecular complexity index is 880. The van der Waals surface area contributed by atoms with Crippen molar-refractivity contribution >= 4 is 17.4 Å². The van der Waals surface area contributed by atoms with Crippen molar-refractivity contribution in [1.29, 1.82) is 0 Å². The molecule has 0 fully saturated rings. The maximum Gasteiger partial charge on any atom is 0.272 e.